The van der Waals surface area contributed by atoms with E-state index in [0.717, 1.165) is 6.20 Å². The highest BCUT2D eigenvalue weighted by atomic mass is 35.5. The molecular weight excluding hydrogens is 314 g/mol. The number of nitrogens with two attached hydrogens (primary N) is 1. The van der Waals surface area contributed by atoms with E-state index >= 15 is 0 Å². The summed E-state index contributed by atoms with van der Waals surface area (Å²) in [5.41, 5.74) is 8.05. The summed E-state index contributed by atoms with van der Waals surface area (Å²) < 4.78 is 14.5. The fourth-order valence-electron chi connectivity index (χ4n) is 1.86. The molecule has 7 heteroatoms. The summed E-state index contributed by atoms with van der Waals surface area (Å²) in [6.45, 7) is 0. The van der Waals surface area contributed by atoms with E-state index in [1.54, 1.807) is 29.1 Å². The first-order valence-electron chi connectivity index (χ1n) is 5.97. The molecule has 0 saturated carbocycles. The molecule has 3 aromatic rings. The number of pyridine rings is 1. The summed E-state index contributed by atoms with van der Waals surface area (Å²) in [7, 11) is 0. The fourth-order valence-corrected chi connectivity index (χ4v) is 2.15. The number of hydrogen-bond donors (Lipinski definition) is 1. The van der Waals surface area contributed by atoms with E-state index in [9.17, 15) is 4.39 Å². The van der Waals surface area contributed by atoms with Crippen LogP contribution >= 0.6 is 23.2 Å². The number of anilines is 1. The minimum Gasteiger partial charge on any atom is -0.396 e. The number of hydrogen-bond acceptors (Lipinski definition) is 3. The van der Waals surface area contributed by atoms with Crippen LogP contribution in [-0.4, -0.2) is 14.8 Å². The van der Waals surface area contributed by atoms with Crippen molar-refractivity contribution in [3.05, 3.63) is 58.6 Å². The quantitative estimate of drug-likeness (QED) is 0.776. The number of nitrogen functional groups attached to an aromatic ring is 1. The molecule has 3 rings (SSSR count). The summed E-state index contributed by atoms with van der Waals surface area (Å²) in [5.74, 6) is -0.416. The third-order valence-corrected chi connectivity index (χ3v) is 3.62. The lowest BCUT2D eigenvalue weighted by Gasteiger charge is -2.02. The Morgan fingerprint density at radius 2 is 1.90 bits per heavy atom. The first-order chi connectivity index (χ1) is 10.0. The third-order valence-electron chi connectivity index (χ3n) is 2.88. The molecule has 0 atom stereocenters. The van der Waals surface area contributed by atoms with Crippen molar-refractivity contribution in [1.82, 2.24) is 14.8 Å². The normalized spacial score (nSPS) is 10.8. The Bertz CT molecular complexity index is 799. The van der Waals surface area contributed by atoms with Gasteiger partial charge in [-0.25, -0.2) is 9.07 Å². The van der Waals surface area contributed by atoms with Crippen LogP contribution in [0.2, 0.25) is 10.0 Å². The van der Waals surface area contributed by atoms with Crippen molar-refractivity contribution >= 4 is 28.9 Å². The predicted molar refractivity (Wildman–Crippen MR) is 81.2 cm³/mol. The van der Waals surface area contributed by atoms with E-state index in [1.165, 1.54) is 12.1 Å². The van der Waals surface area contributed by atoms with Crippen LogP contribution in [0.15, 0.2) is 42.7 Å². The van der Waals surface area contributed by atoms with Crippen molar-refractivity contribution in [3.63, 3.8) is 0 Å². The lowest BCUT2D eigenvalue weighted by atomic mass is 10.2. The van der Waals surface area contributed by atoms with E-state index < -0.39 is 5.82 Å². The van der Waals surface area contributed by atoms with Crippen LogP contribution < -0.4 is 5.73 Å². The van der Waals surface area contributed by atoms with Crippen LogP contribution in [0.25, 0.3) is 17.1 Å². The zero-order valence-electron chi connectivity index (χ0n) is 10.6. The molecule has 0 aliphatic carbocycles. The molecule has 0 bridgehead atoms. The molecule has 2 aromatic heterocycles. The van der Waals surface area contributed by atoms with Gasteiger partial charge in [0.1, 0.15) is 11.5 Å². The first-order valence-corrected chi connectivity index (χ1v) is 6.72. The highest BCUT2D eigenvalue weighted by molar-refractivity contribution is 6.42. The molecule has 106 valence electrons. The molecule has 2 N–H and O–H groups in total. The Labute approximate surface area is 129 Å². The smallest absolute Gasteiger partial charge is 0.141 e. The van der Waals surface area contributed by atoms with Gasteiger partial charge in [-0.15, -0.1) is 0 Å². The van der Waals surface area contributed by atoms with Crippen LogP contribution in [-0.2, 0) is 0 Å². The van der Waals surface area contributed by atoms with Gasteiger partial charge in [-0.2, -0.15) is 5.10 Å². The second-order valence-corrected chi connectivity index (χ2v) is 5.15. The number of aromatic nitrogens is 3. The average molecular weight is 323 g/mol. The van der Waals surface area contributed by atoms with Gasteiger partial charge in [0.25, 0.3) is 0 Å². The highest BCUT2D eigenvalue weighted by Gasteiger charge is 2.11. The molecule has 0 aliphatic rings. The van der Waals surface area contributed by atoms with Gasteiger partial charge in [-0.1, -0.05) is 23.2 Å². The Morgan fingerprint density at radius 1 is 1.10 bits per heavy atom. The van der Waals surface area contributed by atoms with Crippen molar-refractivity contribution in [2.24, 2.45) is 0 Å². The Hall–Kier alpha value is -2.11. The van der Waals surface area contributed by atoms with E-state index in [0.29, 0.717) is 32.8 Å². The fraction of sp³-hybridized carbons (Fsp3) is 0. The van der Waals surface area contributed by atoms with Crippen LogP contribution in [0, 0.1) is 5.82 Å². The first kappa shape index (κ1) is 13.9. The Balaban J connectivity index is 2.04. The Kier molecular flexibility index (Phi) is 3.53. The molecule has 1 aromatic carbocycles. The number of nitrogens with zero attached hydrogens (tertiary/aromatic N) is 3. The summed E-state index contributed by atoms with van der Waals surface area (Å²) in [4.78, 5) is 3.97. The van der Waals surface area contributed by atoms with Crippen LogP contribution in [0.3, 0.4) is 0 Å². The van der Waals surface area contributed by atoms with Crippen molar-refractivity contribution in [2.75, 3.05) is 5.73 Å². The molecular formula is C14H9Cl2FN4. The van der Waals surface area contributed by atoms with Gasteiger partial charge in [0.15, 0.2) is 0 Å². The molecule has 0 radical (unpaired) electrons. The van der Waals surface area contributed by atoms with Gasteiger partial charge in [-0.05, 0) is 30.3 Å². The topological polar surface area (TPSA) is 56.7 Å². The summed E-state index contributed by atoms with van der Waals surface area (Å²) in [6, 6.07) is 7.95. The van der Waals surface area contributed by atoms with E-state index in [1.807, 2.05) is 0 Å². The molecule has 21 heavy (non-hydrogen) atoms. The second kappa shape index (κ2) is 5.35. The molecule has 4 nitrogen and oxygen atoms in total. The largest absolute Gasteiger partial charge is 0.396 e. The van der Waals surface area contributed by atoms with Crippen molar-refractivity contribution in [2.45, 2.75) is 0 Å². The van der Waals surface area contributed by atoms with Gasteiger partial charge >= 0.3 is 0 Å². The minimum atomic E-state index is -0.416. The summed E-state index contributed by atoms with van der Waals surface area (Å²) in [5, 5.41) is 5.24. The molecule has 2 heterocycles. The molecule has 0 saturated heterocycles. The maximum absolute atomic E-state index is 12.9. The highest BCUT2D eigenvalue weighted by Crippen LogP contribution is 2.27. The lowest BCUT2D eigenvalue weighted by molar-refractivity contribution is 0.621. The van der Waals surface area contributed by atoms with Gasteiger partial charge in [0.2, 0.25) is 0 Å². The van der Waals surface area contributed by atoms with E-state index in [2.05, 4.69) is 10.1 Å². The van der Waals surface area contributed by atoms with Gasteiger partial charge in [-0.3, -0.25) is 4.98 Å². The third kappa shape index (κ3) is 2.70. The zero-order valence-corrected chi connectivity index (χ0v) is 12.1. The number of rotatable bonds is 2. The maximum Gasteiger partial charge on any atom is 0.141 e. The van der Waals surface area contributed by atoms with Crippen molar-refractivity contribution in [3.8, 4) is 17.1 Å². The van der Waals surface area contributed by atoms with Gasteiger partial charge in [0.05, 0.1) is 39.5 Å². The van der Waals surface area contributed by atoms with Crippen molar-refractivity contribution in [1.29, 1.82) is 0 Å². The average Bonchev–Trinajstić information content (AvgIpc) is 2.85. The summed E-state index contributed by atoms with van der Waals surface area (Å²) >= 11 is 11.9. The second-order valence-electron chi connectivity index (χ2n) is 4.34. The number of benzene rings is 1. The van der Waals surface area contributed by atoms with E-state index in [4.69, 9.17) is 28.9 Å². The van der Waals surface area contributed by atoms with Crippen LogP contribution in [0.1, 0.15) is 0 Å². The molecule has 0 amide bonds. The van der Waals surface area contributed by atoms with Crippen LogP contribution in [0.5, 0.6) is 0 Å². The minimum absolute atomic E-state index is 0.416. The summed E-state index contributed by atoms with van der Waals surface area (Å²) in [6.07, 6.45) is 2.76. The number of halogens is 3. The molecule has 0 unspecified atom stereocenters. The van der Waals surface area contributed by atoms with Gasteiger partial charge in [0, 0.05) is 0 Å². The van der Waals surface area contributed by atoms with Crippen LogP contribution in [0.4, 0.5) is 10.1 Å². The SMILES string of the molecule is Nc1cn(-c2ccc(Cl)c(Cl)c2)nc1-c1ccc(F)cn1. The van der Waals surface area contributed by atoms with Gasteiger partial charge < -0.3 is 5.73 Å². The maximum atomic E-state index is 12.9. The molecule has 0 aliphatic heterocycles. The predicted octanol–water partition coefficient (Wildman–Crippen LogP) is 3.96. The lowest BCUT2D eigenvalue weighted by Crippen LogP contribution is -1.95. The monoisotopic (exact) mass is 322 g/mol. The molecule has 0 fully saturated rings. The standard InChI is InChI=1S/C14H9Cl2FN4/c15-10-3-2-9(5-11(10)16)21-7-12(18)14(20-21)13-4-1-8(17)6-19-13/h1-7H,18H2. The zero-order chi connectivity index (χ0) is 15.0. The molecule has 0 spiro atoms. The van der Waals surface area contributed by atoms with E-state index in [-0.39, 0.29) is 0 Å². The Morgan fingerprint density at radius 3 is 2.57 bits per heavy atom. The van der Waals surface area contributed by atoms with Crippen molar-refractivity contribution < 1.29 is 4.39 Å².